The second kappa shape index (κ2) is 6.96. The molecule has 0 amide bonds. The molecule has 2 aromatic rings. The summed E-state index contributed by atoms with van der Waals surface area (Å²) in [6.45, 7) is 4.28. The van der Waals surface area contributed by atoms with Gasteiger partial charge in [-0.3, -0.25) is 4.90 Å². The van der Waals surface area contributed by atoms with Gasteiger partial charge in [-0.1, -0.05) is 12.1 Å². The molecule has 0 bridgehead atoms. The molecule has 1 saturated heterocycles. The zero-order valence-corrected chi connectivity index (χ0v) is 14.2. The Labute approximate surface area is 140 Å². The van der Waals surface area contributed by atoms with Crippen LogP contribution in [0.3, 0.4) is 0 Å². The lowest BCUT2D eigenvalue weighted by Crippen LogP contribution is -2.48. The number of sulfonamides is 1. The van der Waals surface area contributed by atoms with Crippen LogP contribution in [0.1, 0.15) is 17.3 Å². The molecule has 24 heavy (non-hydrogen) atoms. The number of hydrogen-bond donors (Lipinski definition) is 0. The highest BCUT2D eigenvalue weighted by Gasteiger charge is 2.27. The van der Waals surface area contributed by atoms with Gasteiger partial charge in [0.25, 0.3) is 0 Å². The Hall–Kier alpha value is -1.84. The monoisotopic (exact) mass is 354 g/mol. The van der Waals surface area contributed by atoms with Crippen molar-refractivity contribution in [2.75, 3.05) is 26.2 Å². The van der Waals surface area contributed by atoms with Gasteiger partial charge in [0.2, 0.25) is 21.8 Å². The van der Waals surface area contributed by atoms with Crippen LogP contribution < -0.4 is 0 Å². The Balaban J connectivity index is 1.56. The number of nitrogens with zero attached hydrogens (tertiary/aromatic N) is 4. The summed E-state index contributed by atoms with van der Waals surface area (Å²) < 4.78 is 44.7. The molecule has 0 spiro atoms. The highest BCUT2D eigenvalue weighted by Crippen LogP contribution is 2.15. The summed E-state index contributed by atoms with van der Waals surface area (Å²) >= 11 is 0. The number of aromatic nitrogens is 2. The van der Waals surface area contributed by atoms with Crippen molar-refractivity contribution in [2.24, 2.45) is 0 Å². The number of halogens is 1. The standard InChI is InChI=1S/C15H19FN4O3S/c1-12-17-18-15(23-12)10-19-6-8-20(9-7-19)24(21,22)11-13-2-4-14(16)5-3-13/h2-5H,6-11H2,1H3. The van der Waals surface area contributed by atoms with Crippen LogP contribution in [0.15, 0.2) is 28.7 Å². The largest absolute Gasteiger partial charge is 0.424 e. The van der Waals surface area contributed by atoms with E-state index in [9.17, 15) is 12.8 Å². The molecule has 0 radical (unpaired) electrons. The molecule has 1 aliphatic rings. The third kappa shape index (κ3) is 4.16. The van der Waals surface area contributed by atoms with Crippen LogP contribution in [-0.4, -0.2) is 54.0 Å². The van der Waals surface area contributed by atoms with Crippen molar-refractivity contribution in [1.82, 2.24) is 19.4 Å². The third-order valence-corrected chi connectivity index (χ3v) is 5.76. The average molecular weight is 354 g/mol. The van der Waals surface area contributed by atoms with Crippen molar-refractivity contribution in [3.8, 4) is 0 Å². The topological polar surface area (TPSA) is 79.5 Å². The third-order valence-electron chi connectivity index (χ3n) is 3.91. The van der Waals surface area contributed by atoms with E-state index in [0.29, 0.717) is 50.1 Å². The first kappa shape index (κ1) is 17.0. The number of benzene rings is 1. The number of hydrogen-bond acceptors (Lipinski definition) is 6. The van der Waals surface area contributed by atoms with Crippen molar-refractivity contribution in [1.29, 1.82) is 0 Å². The van der Waals surface area contributed by atoms with Gasteiger partial charge in [-0.2, -0.15) is 4.31 Å². The molecule has 2 heterocycles. The lowest BCUT2D eigenvalue weighted by atomic mass is 10.2. The SMILES string of the molecule is Cc1nnc(CN2CCN(S(=O)(=O)Cc3ccc(F)cc3)CC2)o1. The lowest BCUT2D eigenvalue weighted by molar-refractivity contribution is 0.167. The summed E-state index contributed by atoms with van der Waals surface area (Å²) in [5.74, 6) is 0.567. The van der Waals surface area contributed by atoms with Crippen molar-refractivity contribution >= 4 is 10.0 Å². The first-order chi connectivity index (χ1) is 11.4. The van der Waals surface area contributed by atoms with Crippen molar-refractivity contribution in [3.63, 3.8) is 0 Å². The van der Waals surface area contributed by atoms with Gasteiger partial charge in [-0.05, 0) is 17.7 Å². The molecular formula is C15H19FN4O3S. The maximum absolute atomic E-state index is 12.9. The summed E-state index contributed by atoms with van der Waals surface area (Å²) in [4.78, 5) is 2.08. The van der Waals surface area contributed by atoms with E-state index in [4.69, 9.17) is 4.42 Å². The van der Waals surface area contributed by atoms with Crippen LogP contribution in [0, 0.1) is 12.7 Å². The molecule has 9 heteroatoms. The second-order valence-electron chi connectivity index (χ2n) is 5.77. The number of rotatable bonds is 5. The van der Waals surface area contributed by atoms with Crippen molar-refractivity contribution in [3.05, 3.63) is 47.4 Å². The van der Waals surface area contributed by atoms with Gasteiger partial charge >= 0.3 is 0 Å². The van der Waals surface area contributed by atoms with Crippen LogP contribution in [0.4, 0.5) is 4.39 Å². The molecule has 1 fully saturated rings. The van der Waals surface area contributed by atoms with E-state index in [1.54, 1.807) is 6.92 Å². The highest BCUT2D eigenvalue weighted by molar-refractivity contribution is 7.88. The molecule has 1 aromatic carbocycles. The number of aryl methyl sites for hydroxylation is 1. The first-order valence-corrected chi connectivity index (χ1v) is 9.27. The fourth-order valence-electron chi connectivity index (χ4n) is 2.64. The van der Waals surface area contributed by atoms with Crippen molar-refractivity contribution in [2.45, 2.75) is 19.2 Å². The van der Waals surface area contributed by atoms with Gasteiger partial charge in [0, 0.05) is 33.1 Å². The molecule has 1 aliphatic heterocycles. The van der Waals surface area contributed by atoms with E-state index in [0.717, 1.165) is 0 Å². The molecule has 7 nitrogen and oxygen atoms in total. The minimum Gasteiger partial charge on any atom is -0.424 e. The molecule has 1 aromatic heterocycles. The second-order valence-corrected chi connectivity index (χ2v) is 7.74. The molecule has 0 atom stereocenters. The van der Waals surface area contributed by atoms with Gasteiger partial charge in [0.1, 0.15) is 5.82 Å². The van der Waals surface area contributed by atoms with E-state index < -0.39 is 10.0 Å². The molecule has 130 valence electrons. The Bertz CT molecular complexity index is 783. The van der Waals surface area contributed by atoms with Crippen LogP contribution >= 0.6 is 0 Å². The predicted octanol–water partition coefficient (Wildman–Crippen LogP) is 1.16. The summed E-state index contributed by atoms with van der Waals surface area (Å²) in [5.41, 5.74) is 0.583. The lowest BCUT2D eigenvalue weighted by Gasteiger charge is -2.33. The summed E-state index contributed by atoms with van der Waals surface area (Å²) in [5, 5.41) is 7.73. The van der Waals surface area contributed by atoms with E-state index in [2.05, 4.69) is 15.1 Å². The van der Waals surface area contributed by atoms with Crippen LogP contribution in [0.2, 0.25) is 0 Å². The summed E-state index contributed by atoms with van der Waals surface area (Å²) in [6, 6.07) is 5.55. The van der Waals surface area contributed by atoms with Crippen molar-refractivity contribution < 1.29 is 17.2 Å². The maximum atomic E-state index is 12.9. The predicted molar refractivity (Wildman–Crippen MR) is 84.9 cm³/mol. The van der Waals surface area contributed by atoms with Crippen LogP contribution in [0.5, 0.6) is 0 Å². The van der Waals surface area contributed by atoms with Gasteiger partial charge in [-0.25, -0.2) is 12.8 Å². The Morgan fingerprint density at radius 2 is 1.79 bits per heavy atom. The molecule has 0 aliphatic carbocycles. The van der Waals surface area contributed by atoms with Crippen LogP contribution in [0.25, 0.3) is 0 Å². The van der Waals surface area contributed by atoms with Crippen LogP contribution in [-0.2, 0) is 22.3 Å². The summed E-state index contributed by atoms with van der Waals surface area (Å²) in [6.07, 6.45) is 0. The average Bonchev–Trinajstić information content (AvgIpc) is 2.95. The Morgan fingerprint density at radius 3 is 2.38 bits per heavy atom. The smallest absolute Gasteiger partial charge is 0.230 e. The highest BCUT2D eigenvalue weighted by atomic mass is 32.2. The fraction of sp³-hybridized carbons (Fsp3) is 0.467. The van der Waals surface area contributed by atoms with Gasteiger partial charge in [0.15, 0.2) is 0 Å². The molecule has 0 unspecified atom stereocenters. The maximum Gasteiger partial charge on any atom is 0.230 e. The fourth-order valence-corrected chi connectivity index (χ4v) is 4.16. The van der Waals surface area contributed by atoms with E-state index in [1.165, 1.54) is 28.6 Å². The summed E-state index contributed by atoms with van der Waals surface area (Å²) in [7, 11) is -3.41. The van der Waals surface area contributed by atoms with E-state index in [-0.39, 0.29) is 11.6 Å². The normalized spacial score (nSPS) is 17.2. The van der Waals surface area contributed by atoms with Gasteiger partial charge < -0.3 is 4.42 Å². The zero-order valence-electron chi connectivity index (χ0n) is 13.4. The molecular weight excluding hydrogens is 335 g/mol. The quantitative estimate of drug-likeness (QED) is 0.802. The minimum atomic E-state index is -3.41. The van der Waals surface area contributed by atoms with E-state index in [1.807, 2.05) is 0 Å². The molecule has 0 saturated carbocycles. The van der Waals surface area contributed by atoms with E-state index >= 15 is 0 Å². The first-order valence-electron chi connectivity index (χ1n) is 7.66. The zero-order chi connectivity index (χ0) is 17.2. The number of piperazine rings is 1. The Kier molecular flexibility index (Phi) is 4.93. The minimum absolute atomic E-state index is 0.115. The Morgan fingerprint density at radius 1 is 1.12 bits per heavy atom. The van der Waals surface area contributed by atoms with Gasteiger partial charge in [-0.15, -0.1) is 10.2 Å². The molecule has 0 N–H and O–H groups in total. The molecule has 3 rings (SSSR count). The van der Waals surface area contributed by atoms with Gasteiger partial charge in [0.05, 0.1) is 12.3 Å².